The first-order chi connectivity index (χ1) is 19.1. The molecule has 1 aromatic carbocycles. The van der Waals surface area contributed by atoms with Crippen LogP contribution in [0.4, 0.5) is 10.7 Å². The molecule has 0 unspecified atom stereocenters. The van der Waals surface area contributed by atoms with Crippen LogP contribution in [0.3, 0.4) is 0 Å². The van der Waals surface area contributed by atoms with E-state index >= 15 is 0 Å². The maximum Gasteiger partial charge on any atom is 0.407 e. The van der Waals surface area contributed by atoms with Crippen molar-refractivity contribution < 1.29 is 14.3 Å². The first-order valence-corrected chi connectivity index (χ1v) is 14.7. The number of piperidine rings is 1. The average molecular weight is 581 g/mol. The minimum Gasteiger partial charge on any atom is -0.444 e. The molecule has 2 atom stereocenters. The summed E-state index contributed by atoms with van der Waals surface area (Å²) in [7, 11) is 0. The van der Waals surface area contributed by atoms with Gasteiger partial charge < -0.3 is 19.7 Å². The molecular formula is C29H33ClN6O3S. The number of imidazole rings is 1. The van der Waals surface area contributed by atoms with Crippen LogP contribution in [0, 0.1) is 5.41 Å². The second-order valence-corrected chi connectivity index (χ2v) is 13.1. The van der Waals surface area contributed by atoms with Gasteiger partial charge >= 0.3 is 6.09 Å². The summed E-state index contributed by atoms with van der Waals surface area (Å²) in [5.74, 6) is 0.863. The van der Waals surface area contributed by atoms with Crippen LogP contribution >= 0.6 is 23.4 Å². The van der Waals surface area contributed by atoms with E-state index in [1.807, 2.05) is 70.6 Å². The monoisotopic (exact) mass is 580 g/mol. The van der Waals surface area contributed by atoms with Gasteiger partial charge in [-0.05, 0) is 58.7 Å². The molecule has 40 heavy (non-hydrogen) atoms. The topological polar surface area (TPSA) is 93.9 Å². The fourth-order valence-corrected chi connectivity index (χ4v) is 6.95. The van der Waals surface area contributed by atoms with Gasteiger partial charge in [0.05, 0.1) is 29.2 Å². The van der Waals surface area contributed by atoms with Crippen molar-refractivity contribution in [1.29, 1.82) is 0 Å². The van der Waals surface area contributed by atoms with E-state index in [0.29, 0.717) is 11.6 Å². The smallest absolute Gasteiger partial charge is 0.407 e. The van der Waals surface area contributed by atoms with Crippen molar-refractivity contribution in [1.82, 2.24) is 24.7 Å². The van der Waals surface area contributed by atoms with Crippen molar-refractivity contribution in [2.45, 2.75) is 68.1 Å². The van der Waals surface area contributed by atoms with Crippen molar-refractivity contribution in [2.75, 3.05) is 24.6 Å². The standard InChI is InChI=1S/C29H33ClN6O3S/c1-18-24(34-27(37)39-28(2,3)4)29(17-38-18)8-12-35(13-9-29)26-33-16-23(25-32-11-14-36(25)26)40-22-7-10-31-21-15-19(30)5-6-20(21)22/h5-7,10-11,14-16,18,24H,8-9,12-13,17H2,1-4H3,(H,34,37)/t18-,24+/m0/s1. The molecule has 3 aromatic heterocycles. The molecule has 1 amide bonds. The molecule has 2 fully saturated rings. The molecule has 11 heteroatoms. The zero-order valence-electron chi connectivity index (χ0n) is 23.1. The van der Waals surface area contributed by atoms with Gasteiger partial charge in [-0.15, -0.1) is 0 Å². The lowest BCUT2D eigenvalue weighted by molar-refractivity contribution is 0.0434. The molecule has 2 aliphatic heterocycles. The van der Waals surface area contributed by atoms with Crippen LogP contribution in [0.1, 0.15) is 40.5 Å². The second-order valence-electron chi connectivity index (χ2n) is 11.6. The number of hydrogen-bond acceptors (Lipinski definition) is 8. The van der Waals surface area contributed by atoms with Crippen molar-refractivity contribution in [3.05, 3.63) is 54.1 Å². The number of amides is 1. The number of fused-ring (bicyclic) bond motifs is 2. The summed E-state index contributed by atoms with van der Waals surface area (Å²) in [5.41, 5.74) is 1.03. The van der Waals surface area contributed by atoms with Gasteiger partial charge in [0, 0.05) is 58.6 Å². The van der Waals surface area contributed by atoms with Crippen LogP contribution in [-0.4, -0.2) is 62.9 Å². The van der Waals surface area contributed by atoms with Crippen molar-refractivity contribution in [2.24, 2.45) is 5.41 Å². The molecule has 9 nitrogen and oxygen atoms in total. The number of carbonyl (C=O) groups is 1. The number of aromatic nitrogens is 4. The van der Waals surface area contributed by atoms with Gasteiger partial charge in [0.2, 0.25) is 5.95 Å². The van der Waals surface area contributed by atoms with Crippen LogP contribution in [0.15, 0.2) is 58.8 Å². The highest BCUT2D eigenvalue weighted by Gasteiger charge is 2.50. The van der Waals surface area contributed by atoms with E-state index in [1.54, 1.807) is 18.0 Å². The third kappa shape index (κ3) is 5.20. The summed E-state index contributed by atoms with van der Waals surface area (Å²) in [6.45, 7) is 9.86. The Morgan fingerprint density at radius 3 is 2.73 bits per heavy atom. The maximum atomic E-state index is 12.6. The van der Waals surface area contributed by atoms with Crippen LogP contribution in [0.25, 0.3) is 16.6 Å². The van der Waals surface area contributed by atoms with Gasteiger partial charge in [-0.2, -0.15) is 0 Å². The number of anilines is 1. The third-order valence-electron chi connectivity index (χ3n) is 7.74. The highest BCUT2D eigenvalue weighted by molar-refractivity contribution is 7.99. The number of carbonyl (C=O) groups excluding carboxylic acids is 1. The predicted octanol–water partition coefficient (Wildman–Crippen LogP) is 5.98. The predicted molar refractivity (Wildman–Crippen MR) is 156 cm³/mol. The Balaban J connectivity index is 1.21. The Kier molecular flexibility index (Phi) is 7.04. The van der Waals surface area contributed by atoms with E-state index in [-0.39, 0.29) is 17.6 Å². The van der Waals surface area contributed by atoms with E-state index in [2.05, 4.69) is 24.6 Å². The summed E-state index contributed by atoms with van der Waals surface area (Å²) in [4.78, 5) is 31.0. The average Bonchev–Trinajstić information content (AvgIpc) is 3.51. The first-order valence-electron chi connectivity index (χ1n) is 13.5. The molecule has 0 bridgehead atoms. The van der Waals surface area contributed by atoms with Crippen molar-refractivity contribution in [3.63, 3.8) is 0 Å². The third-order valence-corrected chi connectivity index (χ3v) is 9.05. The molecule has 2 saturated heterocycles. The Bertz CT molecular complexity index is 1560. The summed E-state index contributed by atoms with van der Waals surface area (Å²) >= 11 is 7.80. The van der Waals surface area contributed by atoms with Gasteiger partial charge in [0.1, 0.15) is 5.60 Å². The number of rotatable bonds is 4. The van der Waals surface area contributed by atoms with E-state index < -0.39 is 11.7 Å². The zero-order valence-corrected chi connectivity index (χ0v) is 24.6. The molecular weight excluding hydrogens is 548 g/mol. The minimum atomic E-state index is -0.548. The Labute approximate surface area is 242 Å². The normalized spacial score (nSPS) is 20.9. The van der Waals surface area contributed by atoms with Gasteiger partial charge in [-0.25, -0.2) is 14.8 Å². The van der Waals surface area contributed by atoms with Gasteiger partial charge in [-0.1, -0.05) is 29.4 Å². The first kappa shape index (κ1) is 27.1. The molecule has 0 aliphatic carbocycles. The van der Waals surface area contributed by atoms with Crippen molar-refractivity contribution in [3.8, 4) is 0 Å². The molecule has 0 saturated carbocycles. The molecule has 0 radical (unpaired) electrons. The number of benzene rings is 1. The van der Waals surface area contributed by atoms with E-state index in [9.17, 15) is 4.79 Å². The van der Waals surface area contributed by atoms with E-state index in [1.165, 1.54) is 0 Å². The highest BCUT2D eigenvalue weighted by atomic mass is 35.5. The number of ether oxygens (including phenoxy) is 2. The van der Waals surface area contributed by atoms with Crippen molar-refractivity contribution >= 4 is 52.0 Å². The number of hydrogen-bond donors (Lipinski definition) is 1. The summed E-state index contributed by atoms with van der Waals surface area (Å²) in [6, 6.07) is 7.66. The Morgan fingerprint density at radius 2 is 1.95 bits per heavy atom. The fourth-order valence-electron chi connectivity index (χ4n) is 5.79. The second kappa shape index (κ2) is 10.4. The largest absolute Gasteiger partial charge is 0.444 e. The summed E-state index contributed by atoms with van der Waals surface area (Å²) < 4.78 is 13.7. The van der Waals surface area contributed by atoms with E-state index in [0.717, 1.165) is 58.2 Å². The lowest BCUT2D eigenvalue weighted by atomic mass is 9.73. The molecule has 210 valence electrons. The Hall–Kier alpha value is -3.08. The minimum absolute atomic E-state index is 0.0749. The SMILES string of the molecule is C[C@@H]1OCC2(CCN(c3ncc(Sc4ccnc5cc(Cl)ccc45)c4nccn34)CC2)[C@@H]1NC(=O)OC(C)(C)C. The molecule has 6 rings (SSSR count). The van der Waals surface area contributed by atoms with Gasteiger partial charge in [0.25, 0.3) is 0 Å². The fraction of sp³-hybridized carbons (Fsp3) is 0.448. The lowest BCUT2D eigenvalue weighted by Gasteiger charge is -2.43. The van der Waals surface area contributed by atoms with Gasteiger partial charge in [-0.3, -0.25) is 9.38 Å². The zero-order chi connectivity index (χ0) is 28.1. The molecule has 1 spiro atoms. The molecule has 4 aromatic rings. The number of halogens is 1. The number of pyridine rings is 1. The molecule has 2 aliphatic rings. The number of alkyl carbamates (subject to hydrolysis) is 1. The molecule has 5 heterocycles. The van der Waals surface area contributed by atoms with Crippen LogP contribution in [0.5, 0.6) is 0 Å². The summed E-state index contributed by atoms with van der Waals surface area (Å²) in [6.07, 6.45) is 8.76. The Morgan fingerprint density at radius 1 is 1.15 bits per heavy atom. The van der Waals surface area contributed by atoms with Gasteiger partial charge in [0.15, 0.2) is 5.65 Å². The van der Waals surface area contributed by atoms with Crippen LogP contribution in [-0.2, 0) is 9.47 Å². The van der Waals surface area contributed by atoms with Crippen LogP contribution in [0.2, 0.25) is 5.02 Å². The number of nitrogens with zero attached hydrogens (tertiary/aromatic N) is 5. The molecule has 1 N–H and O–H groups in total. The maximum absolute atomic E-state index is 12.6. The highest BCUT2D eigenvalue weighted by Crippen LogP contribution is 2.43. The lowest BCUT2D eigenvalue weighted by Crippen LogP contribution is -2.55. The number of nitrogens with one attached hydrogen (secondary N) is 1. The quantitative estimate of drug-likeness (QED) is 0.315. The summed E-state index contributed by atoms with van der Waals surface area (Å²) in [5, 5.41) is 4.82. The van der Waals surface area contributed by atoms with E-state index in [4.69, 9.17) is 26.1 Å². The van der Waals surface area contributed by atoms with Crippen LogP contribution < -0.4 is 10.2 Å².